The summed E-state index contributed by atoms with van der Waals surface area (Å²) in [5.41, 5.74) is 2.04. The van der Waals surface area contributed by atoms with E-state index < -0.39 is 0 Å². The second-order valence-corrected chi connectivity index (χ2v) is 4.82. The van der Waals surface area contributed by atoms with Crippen LogP contribution in [0.5, 0.6) is 0 Å². The highest BCUT2D eigenvalue weighted by Gasteiger charge is 1.92. The molecule has 0 fully saturated rings. The van der Waals surface area contributed by atoms with Crippen LogP contribution < -0.4 is 0 Å². The van der Waals surface area contributed by atoms with Crippen molar-refractivity contribution in [1.82, 2.24) is 0 Å². The first kappa shape index (κ1) is 12.1. The van der Waals surface area contributed by atoms with Crippen LogP contribution in [0.25, 0.3) is 0 Å². The van der Waals surface area contributed by atoms with Crippen molar-refractivity contribution in [3.05, 3.63) is 59.1 Å². The van der Waals surface area contributed by atoms with E-state index in [-0.39, 0.29) is 0 Å². The standard InChI is InChI=1S/C13H11ClN2S/c1-10-2-8-13(9-3-10)17-16-15-12-6-4-11(14)5-7-12/h2-9H,1H3. The first-order valence-electron chi connectivity index (χ1n) is 5.14. The van der Waals surface area contributed by atoms with Gasteiger partial charge in [0.15, 0.2) is 0 Å². The topological polar surface area (TPSA) is 24.7 Å². The Morgan fingerprint density at radius 2 is 1.59 bits per heavy atom. The average Bonchev–Trinajstić information content (AvgIpc) is 2.34. The van der Waals surface area contributed by atoms with Gasteiger partial charge in [-0.3, -0.25) is 0 Å². The van der Waals surface area contributed by atoms with Crippen molar-refractivity contribution in [2.75, 3.05) is 0 Å². The zero-order chi connectivity index (χ0) is 12.1. The van der Waals surface area contributed by atoms with Gasteiger partial charge in [0.2, 0.25) is 0 Å². The average molecular weight is 263 g/mol. The summed E-state index contributed by atoms with van der Waals surface area (Å²) in [4.78, 5) is 1.08. The smallest absolute Gasteiger partial charge is 0.0864 e. The van der Waals surface area contributed by atoms with Crippen LogP contribution in [0.3, 0.4) is 0 Å². The Kier molecular flexibility index (Phi) is 4.18. The molecule has 2 aromatic rings. The fraction of sp³-hybridized carbons (Fsp3) is 0.0769. The predicted octanol–water partition coefficient (Wildman–Crippen LogP) is 5.44. The molecule has 0 aliphatic heterocycles. The van der Waals surface area contributed by atoms with Gasteiger partial charge in [-0.2, -0.15) is 0 Å². The zero-order valence-electron chi connectivity index (χ0n) is 9.30. The van der Waals surface area contributed by atoms with Crippen LogP contribution in [0.15, 0.2) is 63.1 Å². The van der Waals surface area contributed by atoms with E-state index in [2.05, 4.69) is 28.7 Å². The van der Waals surface area contributed by atoms with Gasteiger partial charge in [-0.15, -0.1) is 9.63 Å². The summed E-state index contributed by atoms with van der Waals surface area (Å²) < 4.78 is 4.07. The van der Waals surface area contributed by atoms with Gasteiger partial charge in [-0.1, -0.05) is 29.3 Å². The third kappa shape index (κ3) is 3.88. The minimum atomic E-state index is 0.704. The van der Waals surface area contributed by atoms with Gasteiger partial charge in [0.05, 0.1) is 5.69 Å². The molecule has 0 saturated heterocycles. The molecule has 2 nitrogen and oxygen atoms in total. The molecule has 0 heterocycles. The molecule has 0 spiro atoms. The van der Waals surface area contributed by atoms with Crippen LogP contribution in [0.1, 0.15) is 5.56 Å². The molecule has 0 aliphatic carbocycles. The van der Waals surface area contributed by atoms with Gasteiger partial charge in [-0.25, -0.2) is 0 Å². The molecular weight excluding hydrogens is 252 g/mol. The van der Waals surface area contributed by atoms with E-state index in [4.69, 9.17) is 11.6 Å². The molecule has 4 heteroatoms. The van der Waals surface area contributed by atoms with Crippen LogP contribution in [-0.2, 0) is 0 Å². The van der Waals surface area contributed by atoms with Crippen molar-refractivity contribution in [1.29, 1.82) is 0 Å². The van der Waals surface area contributed by atoms with Crippen LogP contribution in [0.4, 0.5) is 5.69 Å². The van der Waals surface area contributed by atoms with Crippen molar-refractivity contribution < 1.29 is 0 Å². The van der Waals surface area contributed by atoms with Gasteiger partial charge in [-0.05, 0) is 43.3 Å². The van der Waals surface area contributed by atoms with E-state index >= 15 is 0 Å². The lowest BCUT2D eigenvalue weighted by Crippen LogP contribution is -1.70. The second-order valence-electron chi connectivity index (χ2n) is 3.56. The van der Waals surface area contributed by atoms with Gasteiger partial charge >= 0.3 is 0 Å². The summed E-state index contributed by atoms with van der Waals surface area (Å²) in [7, 11) is 0. The summed E-state index contributed by atoms with van der Waals surface area (Å²) >= 11 is 7.13. The molecule has 2 aromatic carbocycles. The highest BCUT2D eigenvalue weighted by molar-refractivity contribution is 7.97. The Labute approximate surface area is 110 Å². The molecule has 0 radical (unpaired) electrons. The molecule has 0 aromatic heterocycles. The van der Waals surface area contributed by atoms with E-state index in [1.807, 2.05) is 24.3 Å². The maximum Gasteiger partial charge on any atom is 0.0864 e. The Morgan fingerprint density at radius 1 is 0.941 bits per heavy atom. The minimum Gasteiger partial charge on any atom is -0.143 e. The summed E-state index contributed by atoms with van der Waals surface area (Å²) in [5.74, 6) is 0. The quantitative estimate of drug-likeness (QED) is 0.534. The zero-order valence-corrected chi connectivity index (χ0v) is 10.9. The molecule has 0 saturated carbocycles. The van der Waals surface area contributed by atoms with Crippen molar-refractivity contribution >= 4 is 29.2 Å². The first-order chi connectivity index (χ1) is 8.24. The molecule has 0 unspecified atom stereocenters. The Balaban J connectivity index is 1.97. The lowest BCUT2D eigenvalue weighted by molar-refractivity contribution is 1.31. The molecule has 86 valence electrons. The Hall–Kier alpha value is -1.32. The SMILES string of the molecule is Cc1ccc(SN=Nc2ccc(Cl)cc2)cc1. The minimum absolute atomic E-state index is 0.704. The van der Waals surface area contributed by atoms with Crippen LogP contribution in [-0.4, -0.2) is 0 Å². The van der Waals surface area contributed by atoms with Crippen molar-refractivity contribution in [3.8, 4) is 0 Å². The molecule has 0 aliphatic rings. The van der Waals surface area contributed by atoms with Crippen molar-refractivity contribution in [2.45, 2.75) is 11.8 Å². The normalized spacial score (nSPS) is 10.9. The summed E-state index contributed by atoms with van der Waals surface area (Å²) in [5, 5.41) is 4.80. The molecular formula is C13H11ClN2S. The number of hydrogen-bond acceptors (Lipinski definition) is 3. The Bertz CT molecular complexity index is 506. The highest BCUT2D eigenvalue weighted by atomic mass is 35.5. The van der Waals surface area contributed by atoms with Crippen LogP contribution >= 0.6 is 23.5 Å². The monoisotopic (exact) mass is 262 g/mol. The van der Waals surface area contributed by atoms with E-state index in [0.717, 1.165) is 10.6 Å². The summed E-state index contributed by atoms with van der Waals surface area (Å²) in [6, 6.07) is 15.4. The van der Waals surface area contributed by atoms with Crippen molar-refractivity contribution in [3.63, 3.8) is 0 Å². The molecule has 0 atom stereocenters. The number of aryl methyl sites for hydroxylation is 1. The van der Waals surface area contributed by atoms with Gasteiger partial charge in [0, 0.05) is 21.9 Å². The number of nitrogens with zero attached hydrogens (tertiary/aromatic N) is 2. The maximum absolute atomic E-state index is 5.78. The third-order valence-electron chi connectivity index (χ3n) is 2.15. The number of rotatable bonds is 3. The molecule has 17 heavy (non-hydrogen) atoms. The lowest BCUT2D eigenvalue weighted by atomic mass is 10.2. The predicted molar refractivity (Wildman–Crippen MR) is 73.0 cm³/mol. The van der Waals surface area contributed by atoms with E-state index in [1.54, 1.807) is 12.1 Å². The third-order valence-corrected chi connectivity index (χ3v) is 3.05. The maximum atomic E-state index is 5.78. The Morgan fingerprint density at radius 3 is 2.24 bits per heavy atom. The largest absolute Gasteiger partial charge is 0.143 e. The van der Waals surface area contributed by atoms with Gasteiger partial charge in [0.1, 0.15) is 0 Å². The molecule has 0 amide bonds. The van der Waals surface area contributed by atoms with E-state index in [0.29, 0.717) is 5.02 Å². The van der Waals surface area contributed by atoms with Gasteiger partial charge in [0.25, 0.3) is 0 Å². The second kappa shape index (κ2) is 5.84. The molecule has 0 N–H and O–H groups in total. The van der Waals surface area contributed by atoms with Gasteiger partial charge < -0.3 is 0 Å². The highest BCUT2D eigenvalue weighted by Crippen LogP contribution is 2.23. The first-order valence-corrected chi connectivity index (χ1v) is 6.29. The number of halogens is 1. The fourth-order valence-electron chi connectivity index (χ4n) is 1.22. The summed E-state index contributed by atoms with van der Waals surface area (Å²) in [6.45, 7) is 2.06. The van der Waals surface area contributed by atoms with Crippen LogP contribution in [0, 0.1) is 6.92 Å². The van der Waals surface area contributed by atoms with Crippen LogP contribution in [0.2, 0.25) is 5.02 Å². The lowest BCUT2D eigenvalue weighted by Gasteiger charge is -1.95. The van der Waals surface area contributed by atoms with Crippen molar-refractivity contribution in [2.24, 2.45) is 9.63 Å². The van der Waals surface area contributed by atoms with E-state index in [1.165, 1.54) is 17.5 Å². The summed E-state index contributed by atoms with van der Waals surface area (Å²) in [6.07, 6.45) is 0. The molecule has 2 rings (SSSR count). The fourth-order valence-corrected chi connectivity index (χ4v) is 1.83. The van der Waals surface area contributed by atoms with E-state index in [9.17, 15) is 0 Å². The number of hydrogen-bond donors (Lipinski definition) is 0. The number of benzene rings is 2. The molecule has 0 bridgehead atoms.